The van der Waals surface area contributed by atoms with E-state index in [9.17, 15) is 0 Å². The van der Waals surface area contributed by atoms with E-state index in [2.05, 4.69) is 11.9 Å². The van der Waals surface area contributed by atoms with E-state index in [1.54, 1.807) is 14.2 Å². The lowest BCUT2D eigenvalue weighted by atomic mass is 10.2. The zero-order valence-electron chi connectivity index (χ0n) is 11.0. The van der Waals surface area contributed by atoms with Crippen LogP contribution in [0.1, 0.15) is 6.92 Å². The molecule has 0 saturated heterocycles. The van der Waals surface area contributed by atoms with E-state index in [0.717, 1.165) is 23.3 Å². The summed E-state index contributed by atoms with van der Waals surface area (Å²) >= 11 is 0. The monoisotopic (exact) mass is 249 g/mol. The molecule has 0 radical (unpaired) electrons. The van der Waals surface area contributed by atoms with Crippen molar-refractivity contribution in [3.05, 3.63) is 18.2 Å². The van der Waals surface area contributed by atoms with Crippen molar-refractivity contribution >= 4 is 17.0 Å². The molecule has 18 heavy (non-hydrogen) atoms. The van der Waals surface area contributed by atoms with Crippen molar-refractivity contribution in [1.82, 2.24) is 9.55 Å². The van der Waals surface area contributed by atoms with Crippen LogP contribution >= 0.6 is 0 Å². The van der Waals surface area contributed by atoms with Gasteiger partial charge in [0.05, 0.1) is 24.8 Å². The van der Waals surface area contributed by atoms with Gasteiger partial charge in [0, 0.05) is 19.7 Å². The van der Waals surface area contributed by atoms with Crippen LogP contribution in [0.25, 0.3) is 11.0 Å². The largest absolute Gasteiger partial charge is 0.497 e. The van der Waals surface area contributed by atoms with Gasteiger partial charge in [-0.2, -0.15) is 0 Å². The first-order chi connectivity index (χ1) is 8.65. The van der Waals surface area contributed by atoms with Gasteiger partial charge in [-0.15, -0.1) is 0 Å². The highest BCUT2D eigenvalue weighted by molar-refractivity contribution is 5.79. The molecular formula is C13H19N3O2. The molecule has 1 heterocycles. The number of rotatable bonds is 5. The van der Waals surface area contributed by atoms with Crippen LogP contribution in [0.3, 0.4) is 0 Å². The fraction of sp³-hybridized carbons (Fsp3) is 0.462. The number of nitrogen functional groups attached to an aromatic ring is 1. The highest BCUT2D eigenvalue weighted by Gasteiger charge is 2.11. The van der Waals surface area contributed by atoms with Crippen molar-refractivity contribution in [2.45, 2.75) is 13.5 Å². The number of nitrogens with two attached hydrogens (primary N) is 1. The first-order valence-corrected chi connectivity index (χ1v) is 5.94. The van der Waals surface area contributed by atoms with Crippen molar-refractivity contribution in [2.75, 3.05) is 26.6 Å². The van der Waals surface area contributed by atoms with Crippen molar-refractivity contribution in [3.63, 3.8) is 0 Å². The van der Waals surface area contributed by atoms with Gasteiger partial charge in [0.15, 0.2) is 0 Å². The molecule has 0 spiro atoms. The van der Waals surface area contributed by atoms with Crippen LogP contribution in [-0.2, 0) is 11.3 Å². The Labute approximate surface area is 107 Å². The van der Waals surface area contributed by atoms with E-state index in [0.29, 0.717) is 18.5 Å². The summed E-state index contributed by atoms with van der Waals surface area (Å²) < 4.78 is 12.3. The maximum atomic E-state index is 5.96. The number of methoxy groups -OCH3 is 2. The lowest BCUT2D eigenvalue weighted by Gasteiger charge is -2.13. The Kier molecular flexibility index (Phi) is 3.72. The van der Waals surface area contributed by atoms with Crippen LogP contribution in [0.5, 0.6) is 5.75 Å². The highest BCUT2D eigenvalue weighted by Crippen LogP contribution is 2.23. The summed E-state index contributed by atoms with van der Waals surface area (Å²) in [5.74, 6) is 1.70. The molecule has 0 aliphatic heterocycles. The van der Waals surface area contributed by atoms with Crippen LogP contribution in [0.15, 0.2) is 18.2 Å². The molecule has 0 aliphatic rings. The summed E-state index contributed by atoms with van der Waals surface area (Å²) in [5, 5.41) is 0. The Hall–Kier alpha value is -1.75. The smallest absolute Gasteiger partial charge is 0.201 e. The van der Waals surface area contributed by atoms with Crippen LogP contribution in [0.2, 0.25) is 0 Å². The maximum Gasteiger partial charge on any atom is 0.201 e. The van der Waals surface area contributed by atoms with Crippen molar-refractivity contribution in [3.8, 4) is 5.75 Å². The lowest BCUT2D eigenvalue weighted by molar-refractivity contribution is 0.152. The van der Waals surface area contributed by atoms with E-state index < -0.39 is 0 Å². The third-order valence-electron chi connectivity index (χ3n) is 2.93. The second-order valence-electron chi connectivity index (χ2n) is 4.50. The number of hydrogen-bond acceptors (Lipinski definition) is 4. The molecule has 1 atom stereocenters. The number of aromatic nitrogens is 2. The van der Waals surface area contributed by atoms with E-state index in [-0.39, 0.29) is 0 Å². The molecule has 2 N–H and O–H groups in total. The van der Waals surface area contributed by atoms with E-state index in [4.69, 9.17) is 15.2 Å². The molecule has 0 fully saturated rings. The number of imidazole rings is 1. The fourth-order valence-corrected chi connectivity index (χ4v) is 2.10. The second-order valence-corrected chi connectivity index (χ2v) is 4.50. The minimum Gasteiger partial charge on any atom is -0.497 e. The van der Waals surface area contributed by atoms with E-state index in [1.807, 2.05) is 22.8 Å². The standard InChI is InChI=1S/C13H19N3O2/c1-9(8-17-2)7-16-12-5-4-10(18-3)6-11(12)15-13(16)14/h4-6,9H,7-8H2,1-3H3,(H2,14,15). The lowest BCUT2D eigenvalue weighted by Crippen LogP contribution is -2.14. The summed E-state index contributed by atoms with van der Waals surface area (Å²) in [6.07, 6.45) is 0. The molecule has 2 aromatic rings. The van der Waals surface area contributed by atoms with Gasteiger partial charge in [0.2, 0.25) is 5.95 Å². The molecule has 1 aromatic heterocycles. The van der Waals surface area contributed by atoms with Gasteiger partial charge in [-0.25, -0.2) is 4.98 Å². The van der Waals surface area contributed by atoms with Gasteiger partial charge in [0.25, 0.3) is 0 Å². The first kappa shape index (κ1) is 12.7. The summed E-state index contributed by atoms with van der Waals surface area (Å²) in [4.78, 5) is 4.35. The molecule has 0 aliphatic carbocycles. The molecule has 0 amide bonds. The van der Waals surface area contributed by atoms with Crippen LogP contribution in [0.4, 0.5) is 5.95 Å². The molecule has 1 aromatic carbocycles. The van der Waals surface area contributed by atoms with Gasteiger partial charge in [-0.05, 0) is 18.1 Å². The molecule has 0 bridgehead atoms. The van der Waals surface area contributed by atoms with Gasteiger partial charge in [-0.1, -0.05) is 6.92 Å². The number of benzene rings is 1. The van der Waals surface area contributed by atoms with E-state index in [1.165, 1.54) is 0 Å². The maximum absolute atomic E-state index is 5.96. The Bertz CT molecular complexity index is 536. The van der Waals surface area contributed by atoms with Gasteiger partial charge in [-0.3, -0.25) is 0 Å². The van der Waals surface area contributed by atoms with Gasteiger partial charge >= 0.3 is 0 Å². The average Bonchev–Trinajstić information content (AvgIpc) is 2.65. The molecule has 5 nitrogen and oxygen atoms in total. The Morgan fingerprint density at radius 2 is 2.17 bits per heavy atom. The van der Waals surface area contributed by atoms with Crippen molar-refractivity contribution in [1.29, 1.82) is 0 Å². The minimum atomic E-state index is 0.386. The zero-order valence-corrected chi connectivity index (χ0v) is 11.0. The van der Waals surface area contributed by atoms with Gasteiger partial charge in [0.1, 0.15) is 5.75 Å². The Morgan fingerprint density at radius 3 is 2.83 bits per heavy atom. The molecule has 98 valence electrons. The second kappa shape index (κ2) is 5.27. The predicted octanol–water partition coefficient (Wildman–Crippen LogP) is 1.91. The molecule has 2 rings (SSSR count). The third-order valence-corrected chi connectivity index (χ3v) is 2.93. The number of hydrogen-bond donors (Lipinski definition) is 1. The average molecular weight is 249 g/mol. The van der Waals surface area contributed by atoms with Crippen LogP contribution in [0, 0.1) is 5.92 Å². The van der Waals surface area contributed by atoms with Crippen molar-refractivity contribution < 1.29 is 9.47 Å². The molecule has 0 saturated carbocycles. The molecular weight excluding hydrogens is 230 g/mol. The first-order valence-electron chi connectivity index (χ1n) is 5.94. The Morgan fingerprint density at radius 1 is 1.39 bits per heavy atom. The fourth-order valence-electron chi connectivity index (χ4n) is 2.10. The topological polar surface area (TPSA) is 62.3 Å². The third kappa shape index (κ3) is 2.41. The summed E-state index contributed by atoms with van der Waals surface area (Å²) in [7, 11) is 3.35. The Balaban J connectivity index is 2.35. The highest BCUT2D eigenvalue weighted by atomic mass is 16.5. The number of ether oxygens (including phenoxy) is 2. The van der Waals surface area contributed by atoms with Crippen LogP contribution in [-0.4, -0.2) is 30.4 Å². The zero-order chi connectivity index (χ0) is 13.1. The van der Waals surface area contributed by atoms with E-state index >= 15 is 0 Å². The molecule has 5 heteroatoms. The number of fused-ring (bicyclic) bond motifs is 1. The number of nitrogens with zero attached hydrogens (tertiary/aromatic N) is 2. The minimum absolute atomic E-state index is 0.386. The quantitative estimate of drug-likeness (QED) is 0.879. The normalized spacial score (nSPS) is 12.8. The van der Waals surface area contributed by atoms with Crippen molar-refractivity contribution in [2.24, 2.45) is 5.92 Å². The summed E-state index contributed by atoms with van der Waals surface area (Å²) in [6.45, 7) is 3.62. The predicted molar refractivity (Wildman–Crippen MR) is 71.7 cm³/mol. The molecule has 1 unspecified atom stereocenters. The summed E-state index contributed by atoms with van der Waals surface area (Å²) in [5.41, 5.74) is 7.84. The number of anilines is 1. The van der Waals surface area contributed by atoms with Gasteiger partial charge < -0.3 is 19.8 Å². The SMILES string of the molecule is COCC(C)Cn1c(N)nc2cc(OC)ccc21. The van der Waals surface area contributed by atoms with Crippen LogP contribution < -0.4 is 10.5 Å². The summed E-state index contributed by atoms with van der Waals surface area (Å²) in [6, 6.07) is 5.79.